The predicted octanol–water partition coefficient (Wildman–Crippen LogP) is 4.41. The Hall–Kier alpha value is -3.40. The van der Waals surface area contributed by atoms with E-state index in [1.54, 1.807) is 12.1 Å². The average Bonchev–Trinajstić information content (AvgIpc) is 3.23. The van der Waals surface area contributed by atoms with Crippen molar-refractivity contribution in [2.24, 2.45) is 0 Å². The monoisotopic (exact) mass is 382 g/mol. The zero-order valence-corrected chi connectivity index (χ0v) is 16.6. The van der Waals surface area contributed by atoms with E-state index in [9.17, 15) is 9.59 Å². The molecule has 5 rings (SSSR count). The van der Waals surface area contributed by atoms with E-state index in [-0.39, 0.29) is 11.6 Å². The Morgan fingerprint density at radius 3 is 1.38 bits per heavy atom. The summed E-state index contributed by atoms with van der Waals surface area (Å²) in [5, 5.41) is 0. The highest BCUT2D eigenvalue weighted by atomic mass is 16.2. The molecule has 0 saturated carbocycles. The van der Waals surface area contributed by atoms with E-state index in [2.05, 4.69) is 0 Å². The lowest BCUT2D eigenvalue weighted by atomic mass is 9.99. The number of fused-ring (bicyclic) bond motifs is 1. The minimum atomic E-state index is -1.37. The van der Waals surface area contributed by atoms with E-state index in [0.29, 0.717) is 24.2 Å². The summed E-state index contributed by atoms with van der Waals surface area (Å²) in [6.45, 7) is 5.26. The van der Waals surface area contributed by atoms with Crippen LogP contribution >= 0.6 is 0 Å². The molecule has 0 bridgehead atoms. The number of anilines is 2. The van der Waals surface area contributed by atoms with Gasteiger partial charge in [-0.1, -0.05) is 59.7 Å². The fourth-order valence-electron chi connectivity index (χ4n) is 4.60. The van der Waals surface area contributed by atoms with Crippen LogP contribution in [0.15, 0.2) is 72.8 Å². The standard InChI is InChI=1S/C25H22N2O2/c1-17-7-11-19(12-8-17)26-15-16-27(20-13-9-18(2)10-14-20)25(26)23(28)21-5-3-4-6-22(21)24(25)29/h3-14H,15-16H2,1-2H3. The van der Waals surface area contributed by atoms with Gasteiger partial charge in [-0.25, -0.2) is 0 Å². The van der Waals surface area contributed by atoms with Gasteiger partial charge >= 0.3 is 0 Å². The van der Waals surface area contributed by atoms with Gasteiger partial charge in [-0.3, -0.25) is 9.59 Å². The first-order valence-electron chi connectivity index (χ1n) is 9.91. The smallest absolute Gasteiger partial charge is 0.243 e. The fourth-order valence-corrected chi connectivity index (χ4v) is 4.60. The molecule has 2 aliphatic rings. The number of carbonyl (C=O) groups excluding carboxylic acids is 2. The molecular weight excluding hydrogens is 360 g/mol. The number of hydrogen-bond acceptors (Lipinski definition) is 4. The molecule has 1 heterocycles. The van der Waals surface area contributed by atoms with Gasteiger partial charge in [-0.2, -0.15) is 0 Å². The van der Waals surface area contributed by atoms with E-state index in [1.165, 1.54) is 0 Å². The molecule has 1 saturated heterocycles. The van der Waals surface area contributed by atoms with Gasteiger partial charge in [0.2, 0.25) is 17.2 Å². The molecule has 144 valence electrons. The lowest BCUT2D eigenvalue weighted by Crippen LogP contribution is -2.62. The number of rotatable bonds is 2. The van der Waals surface area contributed by atoms with Crippen LogP contribution in [-0.2, 0) is 0 Å². The highest BCUT2D eigenvalue weighted by Crippen LogP contribution is 2.44. The number of carbonyl (C=O) groups is 2. The Balaban J connectivity index is 1.72. The predicted molar refractivity (Wildman–Crippen MR) is 115 cm³/mol. The number of Topliss-reactive ketones (excluding diaryl/α,β-unsaturated/α-hetero) is 2. The maximum absolute atomic E-state index is 13.8. The summed E-state index contributed by atoms with van der Waals surface area (Å²) >= 11 is 0. The number of ketones is 2. The largest absolute Gasteiger partial charge is 0.334 e. The lowest BCUT2D eigenvalue weighted by Gasteiger charge is -2.40. The summed E-state index contributed by atoms with van der Waals surface area (Å²) < 4.78 is 0. The minimum absolute atomic E-state index is 0.142. The van der Waals surface area contributed by atoms with Gasteiger partial charge in [-0.15, -0.1) is 0 Å². The first kappa shape index (κ1) is 17.7. The molecule has 1 aliphatic heterocycles. The summed E-state index contributed by atoms with van der Waals surface area (Å²) in [7, 11) is 0. The van der Waals surface area contributed by atoms with E-state index in [4.69, 9.17) is 0 Å². The Bertz CT molecular complexity index is 1030. The van der Waals surface area contributed by atoms with Gasteiger partial charge in [0, 0.05) is 35.6 Å². The van der Waals surface area contributed by atoms with Gasteiger partial charge in [0.1, 0.15) is 0 Å². The summed E-state index contributed by atoms with van der Waals surface area (Å²) in [5.74, 6) is -0.284. The van der Waals surface area contributed by atoms with E-state index in [1.807, 2.05) is 84.3 Å². The van der Waals surface area contributed by atoms with Crippen LogP contribution in [0.3, 0.4) is 0 Å². The van der Waals surface area contributed by atoms with Gasteiger partial charge in [0.25, 0.3) is 0 Å². The van der Waals surface area contributed by atoms with E-state index in [0.717, 1.165) is 22.5 Å². The van der Waals surface area contributed by atoms with Crippen LogP contribution in [0.4, 0.5) is 11.4 Å². The number of nitrogens with zero attached hydrogens (tertiary/aromatic N) is 2. The third kappa shape index (κ3) is 2.38. The van der Waals surface area contributed by atoms with Crippen LogP contribution in [0, 0.1) is 13.8 Å². The maximum atomic E-state index is 13.8. The zero-order valence-electron chi connectivity index (χ0n) is 16.6. The summed E-state index contributed by atoms with van der Waals surface area (Å²) in [6.07, 6.45) is 0. The Morgan fingerprint density at radius 1 is 0.621 bits per heavy atom. The molecule has 4 heteroatoms. The van der Waals surface area contributed by atoms with Crippen molar-refractivity contribution in [3.8, 4) is 0 Å². The molecule has 0 amide bonds. The normalized spacial score (nSPS) is 17.3. The molecule has 29 heavy (non-hydrogen) atoms. The van der Waals surface area contributed by atoms with Gasteiger partial charge in [-0.05, 0) is 38.1 Å². The second-order valence-electron chi connectivity index (χ2n) is 7.85. The van der Waals surface area contributed by atoms with Crippen LogP contribution in [0.25, 0.3) is 0 Å². The highest BCUT2D eigenvalue weighted by molar-refractivity contribution is 6.36. The molecule has 1 aliphatic carbocycles. The summed E-state index contributed by atoms with van der Waals surface area (Å²) in [5.41, 5.74) is 3.71. The van der Waals surface area contributed by atoms with Crippen molar-refractivity contribution in [2.45, 2.75) is 19.5 Å². The third-order valence-electron chi connectivity index (χ3n) is 6.07. The molecule has 1 spiro atoms. The Kier molecular flexibility index (Phi) is 3.85. The van der Waals surface area contributed by atoms with E-state index >= 15 is 0 Å². The number of benzene rings is 3. The molecule has 1 fully saturated rings. The van der Waals surface area contributed by atoms with Crippen LogP contribution < -0.4 is 9.80 Å². The SMILES string of the molecule is Cc1ccc(N2CCN(c3ccc(C)cc3)C23C(=O)c2ccccc2C3=O)cc1. The Morgan fingerprint density at radius 2 is 1.00 bits per heavy atom. The average molecular weight is 382 g/mol. The lowest BCUT2D eigenvalue weighted by molar-refractivity contribution is 0.0807. The first-order chi connectivity index (χ1) is 14.0. The molecule has 3 aromatic rings. The van der Waals surface area contributed by atoms with Gasteiger partial charge < -0.3 is 9.80 Å². The van der Waals surface area contributed by atoms with Crippen molar-refractivity contribution in [3.05, 3.63) is 95.1 Å². The molecule has 0 aromatic heterocycles. The molecule has 0 N–H and O–H groups in total. The molecule has 4 nitrogen and oxygen atoms in total. The third-order valence-corrected chi connectivity index (χ3v) is 6.07. The highest BCUT2D eigenvalue weighted by Gasteiger charge is 2.63. The molecule has 0 unspecified atom stereocenters. The van der Waals surface area contributed by atoms with Crippen molar-refractivity contribution in [3.63, 3.8) is 0 Å². The van der Waals surface area contributed by atoms with Crippen molar-refractivity contribution in [1.82, 2.24) is 0 Å². The minimum Gasteiger partial charge on any atom is -0.334 e. The van der Waals surface area contributed by atoms with Crippen LogP contribution in [0.1, 0.15) is 31.8 Å². The summed E-state index contributed by atoms with van der Waals surface area (Å²) in [6, 6.07) is 23.3. The second kappa shape index (κ2) is 6.31. The van der Waals surface area contributed by atoms with Crippen molar-refractivity contribution in [2.75, 3.05) is 22.9 Å². The maximum Gasteiger partial charge on any atom is 0.243 e. The molecular formula is C25H22N2O2. The fraction of sp³-hybridized carbons (Fsp3) is 0.200. The van der Waals surface area contributed by atoms with E-state index < -0.39 is 5.66 Å². The number of aryl methyl sites for hydroxylation is 2. The zero-order chi connectivity index (χ0) is 20.2. The number of hydrogen-bond donors (Lipinski definition) is 0. The topological polar surface area (TPSA) is 40.6 Å². The summed E-state index contributed by atoms with van der Waals surface area (Å²) in [4.78, 5) is 31.6. The quantitative estimate of drug-likeness (QED) is 0.616. The van der Waals surface area contributed by atoms with Crippen LogP contribution in [-0.4, -0.2) is 30.3 Å². The van der Waals surface area contributed by atoms with Crippen LogP contribution in [0.5, 0.6) is 0 Å². The molecule has 0 radical (unpaired) electrons. The molecule has 0 atom stereocenters. The second-order valence-corrected chi connectivity index (χ2v) is 7.85. The van der Waals surface area contributed by atoms with Crippen molar-refractivity contribution >= 4 is 22.9 Å². The molecule has 3 aromatic carbocycles. The van der Waals surface area contributed by atoms with Crippen LogP contribution in [0.2, 0.25) is 0 Å². The van der Waals surface area contributed by atoms with Crippen molar-refractivity contribution in [1.29, 1.82) is 0 Å². The van der Waals surface area contributed by atoms with Crippen molar-refractivity contribution < 1.29 is 9.59 Å². The van der Waals surface area contributed by atoms with Gasteiger partial charge in [0.15, 0.2) is 0 Å². The Labute approximate surface area is 170 Å². The first-order valence-corrected chi connectivity index (χ1v) is 9.91. The van der Waals surface area contributed by atoms with Gasteiger partial charge in [0.05, 0.1) is 0 Å².